The molecule has 0 bridgehead atoms. The summed E-state index contributed by atoms with van der Waals surface area (Å²) < 4.78 is 15.9. The van der Waals surface area contributed by atoms with E-state index in [1.165, 1.54) is 0 Å². The van der Waals surface area contributed by atoms with E-state index in [1.54, 1.807) is 14.2 Å². The zero-order valence-electron chi connectivity index (χ0n) is 13.2. The summed E-state index contributed by atoms with van der Waals surface area (Å²) in [6.07, 6.45) is 1.36. The molecule has 0 aliphatic carbocycles. The van der Waals surface area contributed by atoms with Crippen LogP contribution in [0.3, 0.4) is 0 Å². The molecule has 0 saturated carbocycles. The maximum atomic E-state index is 11.9. The van der Waals surface area contributed by atoms with E-state index in [2.05, 4.69) is 10.6 Å². The van der Waals surface area contributed by atoms with E-state index < -0.39 is 0 Å². The molecule has 1 amide bonds. The second-order valence-corrected chi connectivity index (χ2v) is 5.15. The third-order valence-corrected chi connectivity index (χ3v) is 3.61. The predicted molar refractivity (Wildman–Crippen MR) is 83.5 cm³/mol. The number of carbonyl (C=O) groups is 1. The molecule has 0 spiro atoms. The predicted octanol–water partition coefficient (Wildman–Crippen LogP) is 0.741. The Morgan fingerprint density at radius 3 is 2.86 bits per heavy atom. The molecule has 6 heteroatoms. The minimum atomic E-state index is -0.366. The molecule has 1 aromatic rings. The third kappa shape index (κ3) is 4.61. The summed E-state index contributed by atoms with van der Waals surface area (Å²) in [6.45, 7) is 2.61. The lowest BCUT2D eigenvalue weighted by atomic mass is 10.1. The standard InChI is InChI=1S/C16H24N2O4/c1-20-13-6-5-12(10-14(13)21-2)4-3-7-18-16(19)15-11-17-8-9-22-15/h5-6,10,15,17H,3-4,7-9,11H2,1-2H3,(H,18,19). The van der Waals surface area contributed by atoms with E-state index in [4.69, 9.17) is 14.2 Å². The summed E-state index contributed by atoms with van der Waals surface area (Å²) >= 11 is 0. The van der Waals surface area contributed by atoms with Gasteiger partial charge in [-0.15, -0.1) is 0 Å². The molecule has 2 N–H and O–H groups in total. The van der Waals surface area contributed by atoms with Gasteiger partial charge >= 0.3 is 0 Å². The highest BCUT2D eigenvalue weighted by molar-refractivity contribution is 5.81. The molecule has 1 fully saturated rings. The molecular formula is C16H24N2O4. The van der Waals surface area contributed by atoms with Crippen molar-refractivity contribution in [1.82, 2.24) is 10.6 Å². The van der Waals surface area contributed by atoms with Crippen LogP contribution in [-0.2, 0) is 16.0 Å². The maximum absolute atomic E-state index is 11.9. The van der Waals surface area contributed by atoms with Gasteiger partial charge in [0.2, 0.25) is 5.91 Å². The van der Waals surface area contributed by atoms with E-state index in [1.807, 2.05) is 18.2 Å². The number of morpholine rings is 1. The Bertz CT molecular complexity index is 487. The number of methoxy groups -OCH3 is 2. The number of ether oxygens (including phenoxy) is 3. The van der Waals surface area contributed by atoms with Gasteiger partial charge in [0.05, 0.1) is 20.8 Å². The summed E-state index contributed by atoms with van der Waals surface area (Å²) in [4.78, 5) is 11.9. The van der Waals surface area contributed by atoms with Crippen molar-refractivity contribution in [2.45, 2.75) is 18.9 Å². The van der Waals surface area contributed by atoms with Crippen LogP contribution in [0.4, 0.5) is 0 Å². The molecule has 1 aromatic carbocycles. The maximum Gasteiger partial charge on any atom is 0.250 e. The summed E-state index contributed by atoms with van der Waals surface area (Å²) in [5, 5.41) is 6.06. The first-order chi connectivity index (χ1) is 10.7. The van der Waals surface area contributed by atoms with E-state index in [0.717, 1.165) is 36.4 Å². The SMILES string of the molecule is COc1ccc(CCCNC(=O)C2CNCCO2)cc1OC. The quantitative estimate of drug-likeness (QED) is 0.727. The van der Waals surface area contributed by atoms with Crippen LogP contribution in [0, 0.1) is 0 Å². The first kappa shape index (κ1) is 16.6. The van der Waals surface area contributed by atoms with Crippen molar-refractivity contribution < 1.29 is 19.0 Å². The molecule has 1 aliphatic heterocycles. The Kier molecular flexibility index (Phi) is 6.48. The van der Waals surface area contributed by atoms with Gasteiger partial charge in [-0.3, -0.25) is 4.79 Å². The van der Waals surface area contributed by atoms with Gasteiger partial charge in [0.25, 0.3) is 0 Å². The lowest BCUT2D eigenvalue weighted by Crippen LogP contribution is -2.48. The molecular weight excluding hydrogens is 284 g/mol. The van der Waals surface area contributed by atoms with Gasteiger partial charge < -0.3 is 24.8 Å². The van der Waals surface area contributed by atoms with Gasteiger partial charge in [0, 0.05) is 19.6 Å². The number of nitrogens with one attached hydrogen (secondary N) is 2. The molecule has 22 heavy (non-hydrogen) atoms. The summed E-state index contributed by atoms with van der Waals surface area (Å²) in [6, 6.07) is 5.88. The molecule has 6 nitrogen and oxygen atoms in total. The number of amides is 1. The van der Waals surface area contributed by atoms with Crippen molar-refractivity contribution in [3.63, 3.8) is 0 Å². The monoisotopic (exact) mass is 308 g/mol. The Labute approximate surface area is 131 Å². The fourth-order valence-corrected chi connectivity index (χ4v) is 2.39. The first-order valence-electron chi connectivity index (χ1n) is 7.55. The summed E-state index contributed by atoms with van der Waals surface area (Å²) in [7, 11) is 3.25. The van der Waals surface area contributed by atoms with Crippen molar-refractivity contribution in [1.29, 1.82) is 0 Å². The van der Waals surface area contributed by atoms with Crippen LogP contribution in [0.15, 0.2) is 18.2 Å². The van der Waals surface area contributed by atoms with Gasteiger partial charge in [0.15, 0.2) is 11.5 Å². The molecule has 0 radical (unpaired) electrons. The second kappa shape index (κ2) is 8.60. The first-order valence-corrected chi connectivity index (χ1v) is 7.55. The van der Waals surface area contributed by atoms with Crippen molar-refractivity contribution in [2.24, 2.45) is 0 Å². The number of benzene rings is 1. The third-order valence-electron chi connectivity index (χ3n) is 3.61. The minimum absolute atomic E-state index is 0.0421. The van der Waals surface area contributed by atoms with E-state index in [0.29, 0.717) is 19.7 Å². The molecule has 1 atom stereocenters. The van der Waals surface area contributed by atoms with Gasteiger partial charge in [-0.25, -0.2) is 0 Å². The number of aryl methyl sites for hydroxylation is 1. The van der Waals surface area contributed by atoms with Gasteiger partial charge in [0.1, 0.15) is 6.10 Å². The largest absolute Gasteiger partial charge is 0.493 e. The average Bonchev–Trinajstić information content (AvgIpc) is 2.59. The molecule has 0 aromatic heterocycles. The average molecular weight is 308 g/mol. The minimum Gasteiger partial charge on any atom is -0.493 e. The normalized spacial score (nSPS) is 17.8. The lowest BCUT2D eigenvalue weighted by molar-refractivity contribution is -0.134. The smallest absolute Gasteiger partial charge is 0.250 e. The molecule has 122 valence electrons. The van der Waals surface area contributed by atoms with E-state index in [9.17, 15) is 4.79 Å². The molecule has 1 aliphatic rings. The van der Waals surface area contributed by atoms with Crippen LogP contribution >= 0.6 is 0 Å². The lowest BCUT2D eigenvalue weighted by Gasteiger charge is -2.22. The zero-order valence-corrected chi connectivity index (χ0v) is 13.2. The van der Waals surface area contributed by atoms with Crippen LogP contribution in [0.25, 0.3) is 0 Å². The topological polar surface area (TPSA) is 68.8 Å². The van der Waals surface area contributed by atoms with Gasteiger partial charge in [-0.1, -0.05) is 6.07 Å². The highest BCUT2D eigenvalue weighted by Gasteiger charge is 2.20. The van der Waals surface area contributed by atoms with Crippen LogP contribution in [-0.4, -0.2) is 52.5 Å². The van der Waals surface area contributed by atoms with Crippen molar-refractivity contribution in [3.05, 3.63) is 23.8 Å². The number of hydrogen-bond acceptors (Lipinski definition) is 5. The van der Waals surface area contributed by atoms with Crippen LogP contribution < -0.4 is 20.1 Å². The number of rotatable bonds is 7. The van der Waals surface area contributed by atoms with Crippen molar-refractivity contribution in [3.8, 4) is 11.5 Å². The molecule has 1 saturated heterocycles. The van der Waals surface area contributed by atoms with Gasteiger partial charge in [-0.2, -0.15) is 0 Å². The van der Waals surface area contributed by atoms with Crippen LogP contribution in [0.1, 0.15) is 12.0 Å². The second-order valence-electron chi connectivity index (χ2n) is 5.15. The summed E-state index contributed by atoms with van der Waals surface area (Å²) in [5.74, 6) is 1.41. The number of hydrogen-bond donors (Lipinski definition) is 2. The van der Waals surface area contributed by atoms with Crippen LogP contribution in [0.2, 0.25) is 0 Å². The van der Waals surface area contributed by atoms with Gasteiger partial charge in [-0.05, 0) is 30.5 Å². The Morgan fingerprint density at radius 1 is 1.36 bits per heavy atom. The van der Waals surface area contributed by atoms with E-state index in [-0.39, 0.29) is 12.0 Å². The van der Waals surface area contributed by atoms with E-state index >= 15 is 0 Å². The molecule has 2 rings (SSSR count). The van der Waals surface area contributed by atoms with Crippen molar-refractivity contribution >= 4 is 5.91 Å². The highest BCUT2D eigenvalue weighted by Crippen LogP contribution is 2.27. The fourth-order valence-electron chi connectivity index (χ4n) is 2.39. The number of carbonyl (C=O) groups excluding carboxylic acids is 1. The molecule has 1 unspecified atom stereocenters. The van der Waals surface area contributed by atoms with Crippen molar-refractivity contribution in [2.75, 3.05) is 40.5 Å². The Balaban J connectivity index is 1.73. The zero-order chi connectivity index (χ0) is 15.8. The Morgan fingerprint density at radius 2 is 2.18 bits per heavy atom. The molecule has 1 heterocycles. The summed E-state index contributed by atoms with van der Waals surface area (Å²) in [5.41, 5.74) is 1.16. The Hall–Kier alpha value is -1.79. The fraction of sp³-hybridized carbons (Fsp3) is 0.562. The van der Waals surface area contributed by atoms with Crippen LogP contribution in [0.5, 0.6) is 11.5 Å². The highest BCUT2D eigenvalue weighted by atomic mass is 16.5.